The van der Waals surface area contributed by atoms with Crippen LogP contribution in [0.4, 0.5) is 0 Å². The van der Waals surface area contributed by atoms with Crippen LogP contribution >= 0.6 is 0 Å². The van der Waals surface area contributed by atoms with Gasteiger partial charge in [0.2, 0.25) is 0 Å². The van der Waals surface area contributed by atoms with Crippen LogP contribution < -0.4 is 0 Å². The average molecular weight is 443 g/mol. The van der Waals surface area contributed by atoms with Crippen LogP contribution in [0, 0.1) is 46.3 Å². The Bertz CT molecular complexity index is 840. The van der Waals surface area contributed by atoms with Gasteiger partial charge in [0.25, 0.3) is 0 Å². The molecule has 0 aromatic heterocycles. The third-order valence-electron chi connectivity index (χ3n) is 9.85. The van der Waals surface area contributed by atoms with Crippen molar-refractivity contribution in [1.29, 1.82) is 0 Å². The fourth-order valence-corrected chi connectivity index (χ4v) is 8.08. The van der Waals surface area contributed by atoms with Crippen LogP contribution in [0.1, 0.15) is 65.7 Å². The van der Waals surface area contributed by atoms with E-state index in [-0.39, 0.29) is 22.5 Å². The molecule has 2 fully saturated rings. The lowest BCUT2D eigenvalue weighted by Crippen LogP contribution is -2.49. The molecule has 32 heavy (non-hydrogen) atoms. The molecular weight excluding hydrogens is 404 g/mol. The second-order valence-electron chi connectivity index (χ2n) is 11.2. The van der Waals surface area contributed by atoms with Crippen molar-refractivity contribution in [2.45, 2.75) is 65.7 Å². The highest BCUT2D eigenvalue weighted by atomic mass is 16.5. The second kappa shape index (κ2) is 8.46. The SMILES string of the molecule is COC(=O)C(C[C@@H](C)[C@H]1CC[C@H]2[C@@H]3C=CC4=CC(=O)CC[C@]4(C)[C@H]3CC[C@]12C)C(=O)OC. The molecule has 0 amide bonds. The van der Waals surface area contributed by atoms with Crippen molar-refractivity contribution in [3.8, 4) is 0 Å². The molecule has 0 aromatic rings. The van der Waals surface area contributed by atoms with Crippen molar-refractivity contribution in [2.24, 2.45) is 46.3 Å². The third kappa shape index (κ3) is 3.56. The minimum Gasteiger partial charge on any atom is -0.468 e. The number of carbonyl (C=O) groups is 3. The van der Waals surface area contributed by atoms with Crippen molar-refractivity contribution >= 4 is 17.7 Å². The average Bonchev–Trinajstić information content (AvgIpc) is 3.14. The van der Waals surface area contributed by atoms with Gasteiger partial charge in [-0.1, -0.05) is 32.9 Å². The van der Waals surface area contributed by atoms with Crippen LogP contribution in [0.25, 0.3) is 0 Å². The Balaban J connectivity index is 1.56. The van der Waals surface area contributed by atoms with Crippen LogP contribution in [0.3, 0.4) is 0 Å². The standard InChI is InChI=1S/C27H38O5/c1-16(14-20(24(29)31-4)25(30)32-5)21-8-9-22-19-7-6-17-15-18(28)10-12-26(17,2)23(19)11-13-27(21,22)3/h6-7,15-16,19-23H,8-14H2,1-5H3/t16-,19+,21-,22+,23+,26+,27-/m1/s1. The van der Waals surface area contributed by atoms with E-state index in [1.165, 1.54) is 39.1 Å². The third-order valence-corrected chi connectivity index (χ3v) is 9.85. The molecule has 4 aliphatic rings. The van der Waals surface area contributed by atoms with E-state index in [9.17, 15) is 14.4 Å². The Morgan fingerprint density at radius 3 is 2.41 bits per heavy atom. The molecule has 7 atom stereocenters. The van der Waals surface area contributed by atoms with E-state index >= 15 is 0 Å². The summed E-state index contributed by atoms with van der Waals surface area (Å²) in [5, 5.41) is 0. The van der Waals surface area contributed by atoms with Crippen LogP contribution in [0.5, 0.6) is 0 Å². The highest BCUT2D eigenvalue weighted by Gasteiger charge is 2.58. The predicted octanol–water partition coefficient (Wildman–Crippen LogP) is 4.90. The maximum atomic E-state index is 12.2. The number of methoxy groups -OCH3 is 2. The van der Waals surface area contributed by atoms with E-state index in [0.29, 0.717) is 36.5 Å². The van der Waals surface area contributed by atoms with E-state index in [1.807, 2.05) is 6.08 Å². The second-order valence-corrected chi connectivity index (χ2v) is 11.2. The topological polar surface area (TPSA) is 69.7 Å². The fraction of sp³-hybridized carbons (Fsp3) is 0.741. The van der Waals surface area contributed by atoms with Gasteiger partial charge in [0.1, 0.15) is 0 Å². The van der Waals surface area contributed by atoms with Crippen LogP contribution in [-0.4, -0.2) is 31.9 Å². The summed E-state index contributed by atoms with van der Waals surface area (Å²) < 4.78 is 9.78. The smallest absolute Gasteiger partial charge is 0.320 e. The fourth-order valence-electron chi connectivity index (χ4n) is 8.08. The van der Waals surface area contributed by atoms with Gasteiger partial charge in [0.05, 0.1) is 14.2 Å². The lowest BCUT2D eigenvalue weighted by molar-refractivity contribution is -0.160. The Morgan fingerprint density at radius 1 is 1.06 bits per heavy atom. The molecule has 0 spiro atoms. The first kappa shape index (κ1) is 23.3. The van der Waals surface area contributed by atoms with Crippen LogP contribution in [0.15, 0.2) is 23.8 Å². The highest BCUT2D eigenvalue weighted by Crippen LogP contribution is 2.66. The number of rotatable bonds is 5. The molecule has 0 heterocycles. The Hall–Kier alpha value is -1.91. The maximum absolute atomic E-state index is 12.2. The zero-order valence-electron chi connectivity index (χ0n) is 20.2. The maximum Gasteiger partial charge on any atom is 0.320 e. The van der Waals surface area contributed by atoms with Crippen LogP contribution in [0.2, 0.25) is 0 Å². The normalized spacial score (nSPS) is 38.9. The summed E-state index contributed by atoms with van der Waals surface area (Å²) in [6.45, 7) is 7.01. The number of allylic oxidation sites excluding steroid dienone is 4. The minimum atomic E-state index is -0.847. The molecule has 5 heteroatoms. The van der Waals surface area contributed by atoms with Crippen molar-refractivity contribution in [1.82, 2.24) is 0 Å². The van der Waals surface area contributed by atoms with Gasteiger partial charge in [-0.05, 0) is 90.6 Å². The first-order chi connectivity index (χ1) is 15.2. The minimum absolute atomic E-state index is 0.110. The van der Waals surface area contributed by atoms with Gasteiger partial charge in [-0.2, -0.15) is 0 Å². The summed E-state index contributed by atoms with van der Waals surface area (Å²) >= 11 is 0. The molecule has 4 rings (SSSR count). The number of fused-ring (bicyclic) bond motifs is 5. The van der Waals surface area contributed by atoms with E-state index in [4.69, 9.17) is 9.47 Å². The highest BCUT2D eigenvalue weighted by molar-refractivity contribution is 5.94. The van der Waals surface area contributed by atoms with Gasteiger partial charge in [-0.25, -0.2) is 0 Å². The number of hydrogen-bond donors (Lipinski definition) is 0. The number of ketones is 1. The van der Waals surface area contributed by atoms with Crippen LogP contribution in [-0.2, 0) is 23.9 Å². The molecule has 0 aliphatic heterocycles. The van der Waals surface area contributed by atoms with Gasteiger partial charge in [-0.15, -0.1) is 0 Å². The number of carbonyl (C=O) groups excluding carboxylic acids is 3. The summed E-state index contributed by atoms with van der Waals surface area (Å²) in [5.74, 6) is 0.863. The molecule has 0 radical (unpaired) electrons. The molecule has 5 nitrogen and oxygen atoms in total. The Morgan fingerprint density at radius 2 is 1.75 bits per heavy atom. The monoisotopic (exact) mass is 442 g/mol. The molecule has 176 valence electrons. The van der Waals surface area contributed by atoms with Crippen molar-refractivity contribution < 1.29 is 23.9 Å². The van der Waals surface area contributed by atoms with Crippen molar-refractivity contribution in [3.05, 3.63) is 23.8 Å². The molecule has 2 saturated carbocycles. The van der Waals surface area contributed by atoms with Gasteiger partial charge in [-0.3, -0.25) is 14.4 Å². The van der Waals surface area contributed by atoms with E-state index in [1.54, 1.807) is 0 Å². The number of ether oxygens (including phenoxy) is 2. The Kier molecular flexibility index (Phi) is 6.15. The molecule has 0 aromatic carbocycles. The molecule has 0 N–H and O–H groups in total. The lowest BCUT2D eigenvalue weighted by Gasteiger charge is -2.56. The largest absolute Gasteiger partial charge is 0.468 e. The first-order valence-electron chi connectivity index (χ1n) is 12.2. The molecular formula is C27H38O5. The summed E-state index contributed by atoms with van der Waals surface area (Å²) in [7, 11) is 2.66. The van der Waals surface area contributed by atoms with Gasteiger partial charge < -0.3 is 9.47 Å². The van der Waals surface area contributed by atoms with Gasteiger partial charge in [0.15, 0.2) is 11.7 Å². The van der Waals surface area contributed by atoms with E-state index in [0.717, 1.165) is 12.8 Å². The quantitative estimate of drug-likeness (QED) is 0.447. The number of esters is 2. The van der Waals surface area contributed by atoms with Crippen molar-refractivity contribution in [3.63, 3.8) is 0 Å². The van der Waals surface area contributed by atoms with Gasteiger partial charge >= 0.3 is 11.9 Å². The zero-order valence-corrected chi connectivity index (χ0v) is 20.2. The predicted molar refractivity (Wildman–Crippen MR) is 121 cm³/mol. The zero-order chi connectivity index (χ0) is 23.3. The molecule has 0 unspecified atom stereocenters. The summed E-state index contributed by atoms with van der Waals surface area (Å²) in [4.78, 5) is 36.5. The molecule has 0 saturated heterocycles. The summed E-state index contributed by atoms with van der Waals surface area (Å²) in [5.41, 5.74) is 1.55. The van der Waals surface area contributed by atoms with E-state index in [2.05, 4.69) is 32.9 Å². The number of hydrogen-bond acceptors (Lipinski definition) is 5. The first-order valence-corrected chi connectivity index (χ1v) is 12.2. The molecule has 0 bridgehead atoms. The summed E-state index contributed by atoms with van der Waals surface area (Å²) in [6, 6.07) is 0. The lowest BCUT2D eigenvalue weighted by atomic mass is 9.48. The summed E-state index contributed by atoms with van der Waals surface area (Å²) in [6.07, 6.45) is 13.3. The molecule has 4 aliphatic carbocycles. The van der Waals surface area contributed by atoms with Crippen molar-refractivity contribution in [2.75, 3.05) is 14.2 Å². The van der Waals surface area contributed by atoms with Gasteiger partial charge in [0, 0.05) is 6.42 Å². The van der Waals surface area contributed by atoms with E-state index < -0.39 is 17.9 Å². The Labute approximate surface area is 192 Å².